The molecule has 0 aromatic carbocycles. The molecule has 4 aliphatic rings. The molecule has 180 valence electrons. The molecule has 0 unspecified atom stereocenters. The number of carbonyl (C=O) groups excluding carboxylic acids is 2. The fourth-order valence-corrected chi connectivity index (χ4v) is 8.40. The summed E-state index contributed by atoms with van der Waals surface area (Å²) in [7, 11) is 0. The number of rotatable bonds is 2. The fourth-order valence-electron chi connectivity index (χ4n) is 8.40. The number of hydrogen-bond donors (Lipinski definition) is 2. The standard InChI is InChI=1S/C26H34O7/c1-15(27)33-25(30)11-10-23(2)17(13-25)5-6-19-18(23)8-9-24(3)20(12-21(28)26(19,24)31)16-4-7-22(29)32-14-16/h4,7,14,17-20,30-31H,5-6,8-13H2,1-3H3/t17-,18+,19-,20-,23+,24-,25+,26-/m1/s1. The maximum absolute atomic E-state index is 13.5. The van der Waals surface area contributed by atoms with Crippen molar-refractivity contribution in [3.63, 3.8) is 0 Å². The van der Waals surface area contributed by atoms with E-state index >= 15 is 0 Å². The van der Waals surface area contributed by atoms with Gasteiger partial charge in [0, 0.05) is 43.6 Å². The van der Waals surface area contributed by atoms with Crippen molar-refractivity contribution in [1.29, 1.82) is 0 Å². The summed E-state index contributed by atoms with van der Waals surface area (Å²) in [5, 5.41) is 23.1. The fraction of sp³-hybridized carbons (Fsp3) is 0.731. The average Bonchev–Trinajstić information content (AvgIpc) is 2.95. The quantitative estimate of drug-likeness (QED) is 0.516. The van der Waals surface area contributed by atoms with Crippen LogP contribution in [0, 0.1) is 28.6 Å². The number of hydrogen-bond acceptors (Lipinski definition) is 7. The van der Waals surface area contributed by atoms with Gasteiger partial charge in [-0.3, -0.25) is 9.59 Å². The molecule has 4 fully saturated rings. The third kappa shape index (κ3) is 3.11. The highest BCUT2D eigenvalue weighted by Crippen LogP contribution is 2.70. The molecule has 7 nitrogen and oxygen atoms in total. The van der Waals surface area contributed by atoms with Crippen molar-refractivity contribution in [2.45, 2.75) is 89.4 Å². The van der Waals surface area contributed by atoms with Gasteiger partial charge in [-0.25, -0.2) is 4.79 Å². The minimum absolute atomic E-state index is 0.106. The molecule has 7 heteroatoms. The SMILES string of the molecule is CC(=O)O[C@@]1(O)CC[C@@]2(C)[C@H](CC[C@@H]3[C@@H]2CC[C@]2(C)[C@@H](c4ccc(=O)oc4)CC(=O)[C@]32O)C1. The summed E-state index contributed by atoms with van der Waals surface area (Å²) in [4.78, 5) is 36.5. The topological polar surface area (TPSA) is 114 Å². The second-order valence-electron chi connectivity index (χ2n) is 11.5. The van der Waals surface area contributed by atoms with E-state index < -0.39 is 28.4 Å². The van der Waals surface area contributed by atoms with Gasteiger partial charge in [0.25, 0.3) is 0 Å². The third-order valence-corrected chi connectivity index (χ3v) is 10.1. The molecule has 1 aromatic heterocycles. The molecule has 0 bridgehead atoms. The predicted molar refractivity (Wildman–Crippen MR) is 118 cm³/mol. The van der Waals surface area contributed by atoms with Gasteiger partial charge in [-0.1, -0.05) is 13.8 Å². The van der Waals surface area contributed by atoms with Crippen LogP contribution in [0.5, 0.6) is 0 Å². The molecule has 0 aliphatic heterocycles. The zero-order valence-electron chi connectivity index (χ0n) is 19.6. The Morgan fingerprint density at radius 1 is 1.06 bits per heavy atom. The third-order valence-electron chi connectivity index (χ3n) is 10.1. The van der Waals surface area contributed by atoms with Crippen molar-refractivity contribution in [2.75, 3.05) is 0 Å². The van der Waals surface area contributed by atoms with Crippen LogP contribution < -0.4 is 5.63 Å². The van der Waals surface area contributed by atoms with Crippen molar-refractivity contribution in [3.8, 4) is 0 Å². The van der Waals surface area contributed by atoms with E-state index in [9.17, 15) is 24.6 Å². The van der Waals surface area contributed by atoms with Crippen LogP contribution >= 0.6 is 0 Å². The van der Waals surface area contributed by atoms with Gasteiger partial charge in [0.05, 0.1) is 6.26 Å². The van der Waals surface area contributed by atoms with Gasteiger partial charge < -0.3 is 19.4 Å². The van der Waals surface area contributed by atoms with E-state index in [1.807, 2.05) is 6.92 Å². The normalized spacial score (nSPS) is 46.8. The van der Waals surface area contributed by atoms with Crippen LogP contribution in [0.15, 0.2) is 27.6 Å². The van der Waals surface area contributed by atoms with Crippen LogP contribution in [0.1, 0.15) is 83.6 Å². The first-order valence-corrected chi connectivity index (χ1v) is 12.2. The Balaban J connectivity index is 1.46. The van der Waals surface area contributed by atoms with Gasteiger partial charge in [-0.05, 0) is 66.9 Å². The van der Waals surface area contributed by atoms with Crippen LogP contribution in [0.4, 0.5) is 0 Å². The molecule has 1 heterocycles. The maximum atomic E-state index is 13.5. The first-order chi connectivity index (χ1) is 15.4. The molecular weight excluding hydrogens is 424 g/mol. The number of carbonyl (C=O) groups is 2. The number of ether oxygens (including phenoxy) is 1. The van der Waals surface area contributed by atoms with Crippen LogP contribution in [-0.2, 0) is 14.3 Å². The molecule has 8 atom stereocenters. The number of Topliss-reactive ketones (excluding diaryl/α,β-unsaturated/α-hetero) is 1. The lowest BCUT2D eigenvalue weighted by atomic mass is 9.43. The van der Waals surface area contributed by atoms with E-state index in [-0.39, 0.29) is 41.3 Å². The lowest BCUT2D eigenvalue weighted by Crippen LogP contribution is -2.65. The van der Waals surface area contributed by atoms with Crippen LogP contribution in [-0.4, -0.2) is 33.4 Å². The summed E-state index contributed by atoms with van der Waals surface area (Å²) in [6, 6.07) is 3.10. The first kappa shape index (κ1) is 22.8. The number of esters is 1. The zero-order chi connectivity index (χ0) is 23.8. The van der Waals surface area contributed by atoms with Crippen LogP contribution in [0.2, 0.25) is 0 Å². The lowest BCUT2D eigenvalue weighted by Gasteiger charge is -2.63. The Kier molecular flexibility index (Phi) is 5.01. The van der Waals surface area contributed by atoms with E-state index in [0.717, 1.165) is 18.4 Å². The van der Waals surface area contributed by atoms with Crippen molar-refractivity contribution in [2.24, 2.45) is 28.6 Å². The van der Waals surface area contributed by atoms with E-state index in [1.54, 1.807) is 6.07 Å². The summed E-state index contributed by atoms with van der Waals surface area (Å²) in [5.41, 5.74) is -1.81. The molecular formula is C26H34O7. The Labute approximate surface area is 193 Å². The highest BCUT2D eigenvalue weighted by atomic mass is 16.7. The Bertz CT molecular complexity index is 1030. The number of aliphatic hydroxyl groups is 2. The highest BCUT2D eigenvalue weighted by Gasteiger charge is 2.71. The molecule has 0 amide bonds. The molecule has 5 rings (SSSR count). The van der Waals surface area contributed by atoms with Crippen molar-refractivity contribution in [3.05, 3.63) is 34.4 Å². The molecule has 33 heavy (non-hydrogen) atoms. The van der Waals surface area contributed by atoms with Crippen molar-refractivity contribution < 1.29 is 29.0 Å². The van der Waals surface area contributed by atoms with Crippen LogP contribution in [0.25, 0.3) is 0 Å². The molecule has 1 aromatic rings. The van der Waals surface area contributed by atoms with Crippen molar-refractivity contribution in [1.82, 2.24) is 0 Å². The first-order valence-electron chi connectivity index (χ1n) is 12.2. The van der Waals surface area contributed by atoms with Gasteiger partial charge in [0.1, 0.15) is 5.60 Å². The van der Waals surface area contributed by atoms with Crippen molar-refractivity contribution >= 4 is 11.8 Å². The molecule has 4 saturated carbocycles. The van der Waals surface area contributed by atoms with Gasteiger partial charge in [0.2, 0.25) is 5.79 Å². The van der Waals surface area contributed by atoms with Crippen LogP contribution in [0.3, 0.4) is 0 Å². The number of ketones is 1. The summed E-state index contributed by atoms with van der Waals surface area (Å²) in [6.45, 7) is 5.58. The highest BCUT2D eigenvalue weighted by molar-refractivity contribution is 5.92. The lowest BCUT2D eigenvalue weighted by molar-refractivity contribution is -0.258. The van der Waals surface area contributed by atoms with Gasteiger partial charge in [-0.15, -0.1) is 0 Å². The second kappa shape index (κ2) is 7.25. The molecule has 0 saturated heterocycles. The molecule has 2 N–H and O–H groups in total. The summed E-state index contributed by atoms with van der Waals surface area (Å²) in [6.07, 6.45) is 6.23. The van der Waals surface area contributed by atoms with Gasteiger partial charge in [-0.2, -0.15) is 0 Å². The minimum Gasteiger partial charge on any atom is -0.433 e. The molecule has 0 radical (unpaired) electrons. The molecule has 4 aliphatic carbocycles. The van der Waals surface area contributed by atoms with E-state index in [0.29, 0.717) is 32.1 Å². The smallest absolute Gasteiger partial charge is 0.335 e. The summed E-state index contributed by atoms with van der Waals surface area (Å²) < 4.78 is 10.4. The number of fused-ring (bicyclic) bond motifs is 5. The van der Waals surface area contributed by atoms with Gasteiger partial charge >= 0.3 is 11.6 Å². The summed E-state index contributed by atoms with van der Waals surface area (Å²) in [5.74, 6) is -2.01. The Morgan fingerprint density at radius 3 is 2.48 bits per heavy atom. The van der Waals surface area contributed by atoms with E-state index in [2.05, 4.69) is 6.92 Å². The molecule has 0 spiro atoms. The zero-order valence-corrected chi connectivity index (χ0v) is 19.6. The largest absolute Gasteiger partial charge is 0.433 e. The predicted octanol–water partition coefficient (Wildman–Crippen LogP) is 3.31. The summed E-state index contributed by atoms with van der Waals surface area (Å²) >= 11 is 0. The maximum Gasteiger partial charge on any atom is 0.335 e. The Morgan fingerprint density at radius 2 is 1.82 bits per heavy atom. The van der Waals surface area contributed by atoms with E-state index in [1.165, 1.54) is 19.3 Å². The average molecular weight is 459 g/mol. The second-order valence-corrected chi connectivity index (χ2v) is 11.5. The minimum atomic E-state index is -1.42. The monoisotopic (exact) mass is 458 g/mol. The van der Waals surface area contributed by atoms with E-state index in [4.69, 9.17) is 9.15 Å². The van der Waals surface area contributed by atoms with Gasteiger partial charge in [0.15, 0.2) is 5.78 Å². The Hall–Kier alpha value is -1.99.